The maximum absolute atomic E-state index is 5.33. The molecular weight excluding hydrogens is 162 g/mol. The van der Waals surface area contributed by atoms with Gasteiger partial charge in [-0.25, -0.2) is 0 Å². The molecule has 0 spiro atoms. The quantitative estimate of drug-likeness (QED) is 0.652. The summed E-state index contributed by atoms with van der Waals surface area (Å²) in [4.78, 5) is 2.51. The van der Waals surface area contributed by atoms with Gasteiger partial charge in [0.15, 0.2) is 0 Å². The number of hydrogen-bond acceptors (Lipinski definition) is 2. The molecule has 1 heterocycles. The summed E-state index contributed by atoms with van der Waals surface area (Å²) in [5.41, 5.74) is 0.429. The fourth-order valence-electron chi connectivity index (χ4n) is 1.44. The summed E-state index contributed by atoms with van der Waals surface area (Å²) in [6.45, 7) is 14.6. The van der Waals surface area contributed by atoms with Crippen molar-refractivity contribution >= 4 is 0 Å². The molecule has 1 rings (SSSR count). The zero-order valence-electron chi connectivity index (χ0n) is 9.47. The zero-order valence-corrected chi connectivity index (χ0v) is 9.47. The largest absolute Gasteiger partial charge is 0.379 e. The lowest BCUT2D eigenvalue weighted by Crippen LogP contribution is -2.41. The number of rotatable bonds is 2. The summed E-state index contributed by atoms with van der Waals surface area (Å²) >= 11 is 0. The van der Waals surface area contributed by atoms with Gasteiger partial charge in [0, 0.05) is 19.6 Å². The molecular formula is C11H23NO. The molecule has 0 aromatic carbocycles. The lowest BCUT2D eigenvalue weighted by Gasteiger charge is -2.34. The average molecular weight is 185 g/mol. The highest BCUT2D eigenvalue weighted by atomic mass is 16.5. The molecule has 1 saturated heterocycles. The minimum Gasteiger partial charge on any atom is -0.379 e. The molecule has 0 amide bonds. The Balaban J connectivity index is 2.30. The fraction of sp³-hybridized carbons (Fsp3) is 1.00. The minimum atomic E-state index is 0.429. The highest BCUT2D eigenvalue weighted by Crippen LogP contribution is 2.26. The molecule has 0 bridgehead atoms. The predicted octanol–water partition coefficient (Wildman–Crippen LogP) is 2.00. The first-order valence-electron chi connectivity index (χ1n) is 5.30. The Bertz CT molecular complexity index is 145. The standard InChI is InChI=1S/C11H23NO/c1-10(11(2,3)4)9-12-5-7-13-8-6-12/h10H,5-9H2,1-4H3/t10-/m1/s1. The van der Waals surface area contributed by atoms with E-state index in [1.54, 1.807) is 0 Å². The van der Waals surface area contributed by atoms with E-state index in [2.05, 4.69) is 32.6 Å². The van der Waals surface area contributed by atoms with Crippen molar-refractivity contribution in [3.63, 3.8) is 0 Å². The Labute approximate surface area is 82.3 Å². The van der Waals surface area contributed by atoms with Crippen LogP contribution in [0.3, 0.4) is 0 Å². The van der Waals surface area contributed by atoms with Crippen LogP contribution in [0.2, 0.25) is 0 Å². The molecule has 0 unspecified atom stereocenters. The first kappa shape index (κ1) is 11.0. The van der Waals surface area contributed by atoms with Crippen LogP contribution in [0, 0.1) is 11.3 Å². The van der Waals surface area contributed by atoms with Crippen LogP contribution in [0.1, 0.15) is 27.7 Å². The van der Waals surface area contributed by atoms with Crippen molar-refractivity contribution in [1.29, 1.82) is 0 Å². The van der Waals surface area contributed by atoms with Crippen molar-refractivity contribution in [2.45, 2.75) is 27.7 Å². The molecule has 2 nitrogen and oxygen atoms in total. The molecule has 0 N–H and O–H groups in total. The van der Waals surface area contributed by atoms with Crippen molar-refractivity contribution in [2.24, 2.45) is 11.3 Å². The normalized spacial score (nSPS) is 23.1. The first-order chi connectivity index (χ1) is 6.00. The molecule has 0 aromatic rings. The van der Waals surface area contributed by atoms with Crippen LogP contribution in [0.15, 0.2) is 0 Å². The van der Waals surface area contributed by atoms with Crippen LogP contribution in [-0.2, 0) is 4.74 Å². The number of nitrogens with zero attached hydrogens (tertiary/aromatic N) is 1. The molecule has 1 aliphatic heterocycles. The second kappa shape index (κ2) is 4.43. The van der Waals surface area contributed by atoms with Crippen LogP contribution in [-0.4, -0.2) is 37.7 Å². The van der Waals surface area contributed by atoms with Gasteiger partial charge in [-0.1, -0.05) is 27.7 Å². The Morgan fingerprint density at radius 2 is 1.77 bits per heavy atom. The molecule has 1 atom stereocenters. The predicted molar refractivity (Wildman–Crippen MR) is 55.9 cm³/mol. The van der Waals surface area contributed by atoms with Gasteiger partial charge in [0.1, 0.15) is 0 Å². The van der Waals surface area contributed by atoms with Gasteiger partial charge in [-0.15, -0.1) is 0 Å². The monoisotopic (exact) mass is 185 g/mol. The third-order valence-electron chi connectivity index (χ3n) is 3.11. The molecule has 0 saturated carbocycles. The molecule has 2 heteroatoms. The van der Waals surface area contributed by atoms with E-state index in [0.717, 1.165) is 32.2 Å². The summed E-state index contributed by atoms with van der Waals surface area (Å²) in [5, 5.41) is 0. The number of ether oxygens (including phenoxy) is 1. The smallest absolute Gasteiger partial charge is 0.0594 e. The van der Waals surface area contributed by atoms with E-state index in [4.69, 9.17) is 4.74 Å². The van der Waals surface area contributed by atoms with Gasteiger partial charge in [-0.2, -0.15) is 0 Å². The average Bonchev–Trinajstić information content (AvgIpc) is 2.04. The van der Waals surface area contributed by atoms with Crippen LogP contribution in [0.5, 0.6) is 0 Å². The van der Waals surface area contributed by atoms with E-state index in [1.807, 2.05) is 0 Å². The number of morpholine rings is 1. The third kappa shape index (κ3) is 3.65. The molecule has 1 aliphatic rings. The summed E-state index contributed by atoms with van der Waals surface area (Å²) in [5.74, 6) is 0.755. The van der Waals surface area contributed by atoms with Gasteiger partial charge in [-0.05, 0) is 11.3 Å². The second-order valence-corrected chi connectivity index (χ2v) is 5.18. The topological polar surface area (TPSA) is 12.5 Å². The van der Waals surface area contributed by atoms with Gasteiger partial charge in [0.2, 0.25) is 0 Å². The fourth-order valence-corrected chi connectivity index (χ4v) is 1.44. The summed E-state index contributed by atoms with van der Waals surface area (Å²) in [6.07, 6.45) is 0. The second-order valence-electron chi connectivity index (χ2n) is 5.18. The lowest BCUT2D eigenvalue weighted by molar-refractivity contribution is 0.0227. The van der Waals surface area contributed by atoms with Crippen LogP contribution in [0.4, 0.5) is 0 Å². The Hall–Kier alpha value is -0.0800. The lowest BCUT2D eigenvalue weighted by atomic mass is 9.82. The van der Waals surface area contributed by atoms with Gasteiger partial charge >= 0.3 is 0 Å². The highest BCUT2D eigenvalue weighted by Gasteiger charge is 2.23. The molecule has 0 aromatic heterocycles. The van der Waals surface area contributed by atoms with Crippen molar-refractivity contribution in [3.8, 4) is 0 Å². The van der Waals surface area contributed by atoms with Gasteiger partial charge in [0.05, 0.1) is 13.2 Å². The molecule has 78 valence electrons. The van der Waals surface area contributed by atoms with Gasteiger partial charge in [0.25, 0.3) is 0 Å². The van der Waals surface area contributed by atoms with Crippen molar-refractivity contribution in [1.82, 2.24) is 4.90 Å². The SMILES string of the molecule is C[C@H](CN1CCOCC1)C(C)(C)C. The van der Waals surface area contributed by atoms with E-state index in [1.165, 1.54) is 6.54 Å². The maximum Gasteiger partial charge on any atom is 0.0594 e. The van der Waals surface area contributed by atoms with Gasteiger partial charge < -0.3 is 4.74 Å². The van der Waals surface area contributed by atoms with E-state index in [-0.39, 0.29) is 0 Å². The Kier molecular flexibility index (Phi) is 3.74. The highest BCUT2D eigenvalue weighted by molar-refractivity contribution is 4.74. The van der Waals surface area contributed by atoms with Crippen LogP contribution < -0.4 is 0 Å². The summed E-state index contributed by atoms with van der Waals surface area (Å²) < 4.78 is 5.33. The molecule has 13 heavy (non-hydrogen) atoms. The Morgan fingerprint density at radius 1 is 1.23 bits per heavy atom. The first-order valence-corrected chi connectivity index (χ1v) is 5.30. The maximum atomic E-state index is 5.33. The van der Waals surface area contributed by atoms with Crippen LogP contribution in [0.25, 0.3) is 0 Å². The third-order valence-corrected chi connectivity index (χ3v) is 3.11. The number of hydrogen-bond donors (Lipinski definition) is 0. The molecule has 0 radical (unpaired) electrons. The minimum absolute atomic E-state index is 0.429. The zero-order chi connectivity index (χ0) is 9.90. The van der Waals surface area contributed by atoms with Crippen molar-refractivity contribution < 1.29 is 4.74 Å². The molecule has 0 aliphatic carbocycles. The Morgan fingerprint density at radius 3 is 2.23 bits per heavy atom. The summed E-state index contributed by atoms with van der Waals surface area (Å²) in [7, 11) is 0. The summed E-state index contributed by atoms with van der Waals surface area (Å²) in [6, 6.07) is 0. The molecule has 1 fully saturated rings. The van der Waals surface area contributed by atoms with Crippen LogP contribution >= 0.6 is 0 Å². The van der Waals surface area contributed by atoms with E-state index in [9.17, 15) is 0 Å². The van der Waals surface area contributed by atoms with E-state index in [0.29, 0.717) is 5.41 Å². The van der Waals surface area contributed by atoms with E-state index >= 15 is 0 Å². The van der Waals surface area contributed by atoms with Crippen molar-refractivity contribution in [2.75, 3.05) is 32.8 Å². The van der Waals surface area contributed by atoms with E-state index < -0.39 is 0 Å². The van der Waals surface area contributed by atoms with Gasteiger partial charge in [-0.3, -0.25) is 4.90 Å². The van der Waals surface area contributed by atoms with Crippen molar-refractivity contribution in [3.05, 3.63) is 0 Å².